The minimum Gasteiger partial charge on any atom is -0.461 e. The van der Waals surface area contributed by atoms with Crippen molar-refractivity contribution in [2.75, 3.05) is 30.4 Å². The first-order chi connectivity index (χ1) is 21.3. The molecule has 12 heteroatoms. The van der Waals surface area contributed by atoms with E-state index in [0.717, 1.165) is 51.0 Å². The Kier molecular flexibility index (Phi) is 7.08. The molecule has 0 spiro atoms. The topological polar surface area (TPSA) is 120 Å². The summed E-state index contributed by atoms with van der Waals surface area (Å²) in [6.07, 6.45) is 7.68. The van der Waals surface area contributed by atoms with Gasteiger partial charge in [0, 0.05) is 75.4 Å². The molecule has 1 amide bonds. The van der Waals surface area contributed by atoms with Gasteiger partial charge in [-0.25, -0.2) is 4.98 Å². The number of anilines is 3. The molecule has 12 nitrogen and oxygen atoms in total. The first kappa shape index (κ1) is 28.1. The molecule has 0 aromatic carbocycles. The lowest BCUT2D eigenvalue weighted by molar-refractivity contribution is -0.142. The normalized spacial score (nSPS) is 16.3. The van der Waals surface area contributed by atoms with Crippen molar-refractivity contribution in [3.05, 3.63) is 75.2 Å². The standard InChI is InChI=1S/C32H36N8O4/c1-20(41)44-19-25-24(8-9-33-30(25)39-12-11-38-27-7-5-4-6-21(27)15-28(38)32(39)43)22-14-26(31(42)37(3)17-22)34-29-16-23-18-36(2)10-13-40(23)35-29/h8-9,14-17H,4-7,10-13,18-19H2,1-3H3,(H,34,35). The van der Waals surface area contributed by atoms with E-state index < -0.39 is 5.97 Å². The van der Waals surface area contributed by atoms with Crippen LogP contribution in [0.2, 0.25) is 0 Å². The third kappa shape index (κ3) is 4.98. The lowest BCUT2D eigenvalue weighted by Crippen LogP contribution is -2.41. The lowest BCUT2D eigenvalue weighted by Gasteiger charge is -2.31. The molecule has 0 fully saturated rings. The largest absolute Gasteiger partial charge is 0.461 e. The third-order valence-electron chi connectivity index (χ3n) is 8.87. The highest BCUT2D eigenvalue weighted by molar-refractivity contribution is 6.06. The Morgan fingerprint density at radius 2 is 1.89 bits per heavy atom. The van der Waals surface area contributed by atoms with Crippen molar-refractivity contribution in [1.29, 1.82) is 0 Å². The first-order valence-corrected chi connectivity index (χ1v) is 15.1. The number of nitrogens with one attached hydrogen (secondary N) is 1. The van der Waals surface area contributed by atoms with Gasteiger partial charge >= 0.3 is 5.97 Å². The number of hydrogen-bond donors (Lipinski definition) is 1. The van der Waals surface area contributed by atoms with Crippen LogP contribution >= 0.6 is 0 Å². The van der Waals surface area contributed by atoms with Gasteiger partial charge in [-0.15, -0.1) is 0 Å². The average Bonchev–Trinajstić information content (AvgIpc) is 3.59. The van der Waals surface area contributed by atoms with Gasteiger partial charge in [0.15, 0.2) is 5.82 Å². The number of rotatable bonds is 6. The Balaban J connectivity index is 1.27. The molecule has 0 bridgehead atoms. The zero-order valence-corrected chi connectivity index (χ0v) is 25.3. The molecule has 6 heterocycles. The van der Waals surface area contributed by atoms with E-state index in [4.69, 9.17) is 4.74 Å². The Morgan fingerprint density at radius 1 is 1.05 bits per heavy atom. The van der Waals surface area contributed by atoms with Gasteiger partial charge in [-0.05, 0) is 62.1 Å². The summed E-state index contributed by atoms with van der Waals surface area (Å²) in [5, 5.41) is 7.90. The van der Waals surface area contributed by atoms with E-state index in [9.17, 15) is 14.4 Å². The van der Waals surface area contributed by atoms with Gasteiger partial charge in [-0.3, -0.25) is 28.9 Å². The molecule has 2 aliphatic heterocycles. The number of pyridine rings is 2. The van der Waals surface area contributed by atoms with Crippen molar-refractivity contribution in [2.45, 2.75) is 58.8 Å². The van der Waals surface area contributed by atoms with Crippen LogP contribution in [0.15, 0.2) is 41.5 Å². The number of fused-ring (bicyclic) bond motifs is 4. The fraction of sp³-hybridized carbons (Fsp3) is 0.406. The lowest BCUT2D eigenvalue weighted by atomic mass is 9.98. The maximum absolute atomic E-state index is 13.9. The average molecular weight is 597 g/mol. The van der Waals surface area contributed by atoms with Crippen molar-refractivity contribution in [3.63, 3.8) is 0 Å². The van der Waals surface area contributed by atoms with Gasteiger partial charge in [0.05, 0.1) is 12.2 Å². The third-order valence-corrected chi connectivity index (χ3v) is 8.87. The Labute approximate surface area is 254 Å². The van der Waals surface area contributed by atoms with Crippen molar-refractivity contribution < 1.29 is 14.3 Å². The van der Waals surface area contributed by atoms with E-state index in [-0.39, 0.29) is 18.1 Å². The van der Waals surface area contributed by atoms with Gasteiger partial charge in [-0.1, -0.05) is 0 Å². The molecule has 4 aromatic rings. The fourth-order valence-corrected chi connectivity index (χ4v) is 6.68. The zero-order chi connectivity index (χ0) is 30.5. The summed E-state index contributed by atoms with van der Waals surface area (Å²) in [6.45, 7) is 4.90. The molecule has 0 unspecified atom stereocenters. The van der Waals surface area contributed by atoms with E-state index in [1.807, 2.05) is 22.9 Å². The SMILES string of the molecule is CC(=O)OCc1c(-c2cc(Nc3cc4n(n3)CCN(C)C4)c(=O)n(C)c2)ccnc1N1CCn2c(cc3c2CCCC3)C1=O. The van der Waals surface area contributed by atoms with Crippen molar-refractivity contribution >= 4 is 29.2 Å². The summed E-state index contributed by atoms with van der Waals surface area (Å²) in [5.74, 6) is 0.504. The van der Waals surface area contributed by atoms with Crippen LogP contribution in [0.5, 0.6) is 0 Å². The van der Waals surface area contributed by atoms with E-state index in [1.165, 1.54) is 22.7 Å². The van der Waals surface area contributed by atoms with E-state index >= 15 is 0 Å². The number of aryl methyl sites for hydroxylation is 2. The molecule has 0 saturated carbocycles. The Hall–Kier alpha value is -4.71. The quantitative estimate of drug-likeness (QED) is 0.337. The second kappa shape index (κ2) is 11.1. The highest BCUT2D eigenvalue weighted by Gasteiger charge is 2.33. The maximum atomic E-state index is 13.9. The maximum Gasteiger partial charge on any atom is 0.302 e. The predicted octanol–water partition coefficient (Wildman–Crippen LogP) is 3.24. The van der Waals surface area contributed by atoms with Crippen LogP contribution in [0.3, 0.4) is 0 Å². The summed E-state index contributed by atoms with van der Waals surface area (Å²) in [4.78, 5) is 47.7. The zero-order valence-electron chi connectivity index (χ0n) is 25.3. The van der Waals surface area contributed by atoms with E-state index in [2.05, 4.69) is 31.9 Å². The molecule has 228 valence electrons. The minimum atomic E-state index is -0.436. The van der Waals surface area contributed by atoms with Gasteiger partial charge in [0.1, 0.15) is 23.8 Å². The second-order valence-electron chi connectivity index (χ2n) is 11.9. The number of carbonyl (C=O) groups is 2. The van der Waals surface area contributed by atoms with Crippen LogP contribution in [-0.2, 0) is 55.7 Å². The molecule has 44 heavy (non-hydrogen) atoms. The van der Waals surface area contributed by atoms with Gasteiger partial charge < -0.3 is 19.2 Å². The molecule has 1 aliphatic carbocycles. The van der Waals surface area contributed by atoms with E-state index in [0.29, 0.717) is 52.8 Å². The Morgan fingerprint density at radius 3 is 2.73 bits per heavy atom. The number of nitrogens with zero attached hydrogens (tertiary/aromatic N) is 7. The van der Waals surface area contributed by atoms with Crippen LogP contribution < -0.4 is 15.8 Å². The molecule has 0 saturated heterocycles. The number of carbonyl (C=O) groups excluding carboxylic acids is 2. The van der Waals surface area contributed by atoms with Crippen LogP contribution in [0.25, 0.3) is 11.1 Å². The van der Waals surface area contributed by atoms with Gasteiger partial charge in [0.25, 0.3) is 11.5 Å². The smallest absolute Gasteiger partial charge is 0.302 e. The first-order valence-electron chi connectivity index (χ1n) is 15.1. The van der Waals surface area contributed by atoms with Crippen LogP contribution in [0, 0.1) is 0 Å². The van der Waals surface area contributed by atoms with Crippen LogP contribution in [0.4, 0.5) is 17.3 Å². The van der Waals surface area contributed by atoms with Gasteiger partial charge in [-0.2, -0.15) is 5.10 Å². The second-order valence-corrected chi connectivity index (χ2v) is 11.9. The minimum absolute atomic E-state index is 0.0674. The fourth-order valence-electron chi connectivity index (χ4n) is 6.68. The number of aromatic nitrogens is 5. The van der Waals surface area contributed by atoms with Crippen molar-refractivity contribution in [1.82, 2.24) is 28.8 Å². The summed E-state index contributed by atoms with van der Waals surface area (Å²) in [5.41, 5.74) is 6.49. The molecule has 7 rings (SSSR count). The van der Waals surface area contributed by atoms with Crippen molar-refractivity contribution in [3.8, 4) is 11.1 Å². The van der Waals surface area contributed by atoms with Gasteiger partial charge in [0.2, 0.25) is 0 Å². The highest BCUT2D eigenvalue weighted by atomic mass is 16.5. The molecular formula is C32H36N8O4. The molecule has 0 radical (unpaired) electrons. The van der Waals surface area contributed by atoms with Crippen LogP contribution in [0.1, 0.15) is 52.8 Å². The number of ether oxygens (including phenoxy) is 1. The molecule has 0 atom stereocenters. The molecule has 3 aliphatic rings. The molecular weight excluding hydrogens is 560 g/mol. The number of esters is 1. The number of hydrogen-bond acceptors (Lipinski definition) is 8. The summed E-state index contributed by atoms with van der Waals surface area (Å²) >= 11 is 0. The highest BCUT2D eigenvalue weighted by Crippen LogP contribution is 2.35. The Bertz CT molecular complexity index is 1850. The number of amides is 1. The molecule has 4 aromatic heterocycles. The number of likely N-dealkylation sites (N-methyl/N-ethyl adjacent to an activating group) is 1. The predicted molar refractivity (Wildman–Crippen MR) is 165 cm³/mol. The summed E-state index contributed by atoms with van der Waals surface area (Å²) in [6, 6.07) is 7.61. The summed E-state index contributed by atoms with van der Waals surface area (Å²) in [7, 11) is 3.77. The summed E-state index contributed by atoms with van der Waals surface area (Å²) < 4.78 is 11.1. The molecule has 1 N–H and O–H groups in total. The monoisotopic (exact) mass is 596 g/mol. The van der Waals surface area contributed by atoms with Crippen molar-refractivity contribution in [2.24, 2.45) is 7.05 Å². The van der Waals surface area contributed by atoms with Crippen LogP contribution in [-0.4, -0.2) is 60.8 Å². The van der Waals surface area contributed by atoms with E-state index in [1.54, 1.807) is 30.4 Å².